The Morgan fingerprint density at radius 3 is 2.50 bits per heavy atom. The molecule has 2 heterocycles. The van der Waals surface area contributed by atoms with Gasteiger partial charge in [0.2, 0.25) is 16.0 Å². The van der Waals surface area contributed by atoms with Crippen LogP contribution < -0.4 is 10.0 Å². The van der Waals surface area contributed by atoms with Gasteiger partial charge in [-0.25, -0.2) is 23.1 Å². The standard InChI is InChI=1S/C12H16N4O2S2/c1-3-13-12-14-7-11(8-15-12)20(17,18)16-6-10-5-4-9(2)19-10/h4-5,7-8,16H,3,6H2,1-2H3,(H,13,14,15). The summed E-state index contributed by atoms with van der Waals surface area (Å²) >= 11 is 1.56. The first-order valence-electron chi connectivity index (χ1n) is 6.12. The smallest absolute Gasteiger partial charge is 0.243 e. The molecule has 20 heavy (non-hydrogen) atoms. The molecule has 2 aromatic heterocycles. The lowest BCUT2D eigenvalue weighted by atomic mass is 10.4. The van der Waals surface area contributed by atoms with E-state index < -0.39 is 10.0 Å². The molecule has 8 heteroatoms. The average Bonchev–Trinajstić information content (AvgIpc) is 2.84. The predicted molar refractivity (Wildman–Crippen MR) is 79.3 cm³/mol. The summed E-state index contributed by atoms with van der Waals surface area (Å²) in [6.45, 7) is 4.85. The zero-order chi connectivity index (χ0) is 14.6. The molecule has 2 rings (SSSR count). The second kappa shape index (κ2) is 6.29. The third kappa shape index (κ3) is 3.75. The summed E-state index contributed by atoms with van der Waals surface area (Å²) in [4.78, 5) is 10.1. The quantitative estimate of drug-likeness (QED) is 0.849. The van der Waals surface area contributed by atoms with Crippen LogP contribution in [0.1, 0.15) is 16.7 Å². The van der Waals surface area contributed by atoms with Gasteiger partial charge in [-0.15, -0.1) is 11.3 Å². The van der Waals surface area contributed by atoms with Crippen LogP contribution in [-0.4, -0.2) is 24.9 Å². The number of aryl methyl sites for hydroxylation is 1. The molecule has 2 N–H and O–H groups in total. The van der Waals surface area contributed by atoms with Gasteiger partial charge in [0.15, 0.2) is 0 Å². The molecule has 0 aliphatic carbocycles. The number of aromatic nitrogens is 2. The maximum absolute atomic E-state index is 12.1. The summed E-state index contributed by atoms with van der Waals surface area (Å²) in [7, 11) is -3.58. The molecule has 2 aromatic rings. The molecule has 0 aliphatic heterocycles. The number of hydrogen-bond acceptors (Lipinski definition) is 6. The molecule has 0 spiro atoms. The van der Waals surface area contributed by atoms with Crippen molar-refractivity contribution in [2.45, 2.75) is 25.3 Å². The van der Waals surface area contributed by atoms with Crippen molar-refractivity contribution in [3.8, 4) is 0 Å². The van der Waals surface area contributed by atoms with Crippen LogP contribution in [0.3, 0.4) is 0 Å². The summed E-state index contributed by atoms with van der Waals surface area (Å²) in [5, 5.41) is 2.91. The molecule has 0 atom stereocenters. The molecule has 0 saturated carbocycles. The fourth-order valence-corrected chi connectivity index (χ4v) is 3.35. The highest BCUT2D eigenvalue weighted by Gasteiger charge is 2.15. The first-order chi connectivity index (χ1) is 9.51. The Kier molecular flexibility index (Phi) is 4.69. The van der Waals surface area contributed by atoms with E-state index in [0.29, 0.717) is 12.5 Å². The van der Waals surface area contributed by atoms with Crippen molar-refractivity contribution in [3.63, 3.8) is 0 Å². The first-order valence-corrected chi connectivity index (χ1v) is 8.42. The van der Waals surface area contributed by atoms with Gasteiger partial charge in [0.25, 0.3) is 0 Å². The minimum atomic E-state index is -3.58. The highest BCUT2D eigenvalue weighted by Crippen LogP contribution is 2.16. The highest BCUT2D eigenvalue weighted by atomic mass is 32.2. The maximum atomic E-state index is 12.1. The van der Waals surface area contributed by atoms with Crippen LogP contribution in [0.25, 0.3) is 0 Å². The molecular weight excluding hydrogens is 296 g/mol. The topological polar surface area (TPSA) is 84.0 Å². The average molecular weight is 312 g/mol. The lowest BCUT2D eigenvalue weighted by Crippen LogP contribution is -2.23. The van der Waals surface area contributed by atoms with Crippen LogP contribution in [0.4, 0.5) is 5.95 Å². The Labute approximate surface area is 122 Å². The third-order valence-corrected chi connectivity index (χ3v) is 4.86. The zero-order valence-electron chi connectivity index (χ0n) is 11.3. The minimum absolute atomic E-state index is 0.0624. The lowest BCUT2D eigenvalue weighted by molar-refractivity contribution is 0.581. The minimum Gasteiger partial charge on any atom is -0.355 e. The number of rotatable bonds is 6. The van der Waals surface area contributed by atoms with Gasteiger partial charge >= 0.3 is 0 Å². The summed E-state index contributed by atoms with van der Waals surface area (Å²) in [6.07, 6.45) is 2.60. The second-order valence-corrected chi connectivity index (χ2v) is 7.25. The van der Waals surface area contributed by atoms with Crippen LogP contribution in [0, 0.1) is 6.92 Å². The number of hydrogen-bond donors (Lipinski definition) is 2. The molecule has 0 fully saturated rings. The SMILES string of the molecule is CCNc1ncc(S(=O)(=O)NCc2ccc(C)s2)cn1. The van der Waals surface area contributed by atoms with Crippen molar-refractivity contribution < 1.29 is 8.42 Å². The van der Waals surface area contributed by atoms with Crippen molar-refractivity contribution in [1.82, 2.24) is 14.7 Å². The van der Waals surface area contributed by atoms with E-state index in [0.717, 1.165) is 9.75 Å². The normalized spacial score (nSPS) is 11.5. The van der Waals surface area contributed by atoms with Gasteiger partial charge in [0.05, 0.1) is 12.4 Å². The summed E-state index contributed by atoms with van der Waals surface area (Å²) in [6, 6.07) is 3.87. The van der Waals surface area contributed by atoms with Crippen LogP contribution >= 0.6 is 11.3 Å². The fourth-order valence-electron chi connectivity index (χ4n) is 1.53. The highest BCUT2D eigenvalue weighted by molar-refractivity contribution is 7.89. The van der Waals surface area contributed by atoms with Gasteiger partial charge in [0, 0.05) is 22.8 Å². The Morgan fingerprint density at radius 2 is 1.95 bits per heavy atom. The first kappa shape index (κ1) is 14.9. The molecule has 0 aliphatic rings. The molecule has 108 valence electrons. The fraction of sp³-hybridized carbons (Fsp3) is 0.333. The number of sulfonamides is 1. The van der Waals surface area contributed by atoms with E-state index in [9.17, 15) is 8.42 Å². The zero-order valence-corrected chi connectivity index (χ0v) is 12.9. The Balaban J connectivity index is 2.05. The van der Waals surface area contributed by atoms with Crippen LogP contribution in [-0.2, 0) is 16.6 Å². The maximum Gasteiger partial charge on any atom is 0.243 e. The molecular formula is C12H16N4O2S2. The summed E-state index contributed by atoms with van der Waals surface area (Å²) in [5.74, 6) is 0.417. The van der Waals surface area contributed by atoms with Crippen molar-refractivity contribution in [2.75, 3.05) is 11.9 Å². The molecule has 6 nitrogen and oxygen atoms in total. The Bertz CT molecular complexity index is 665. The Hall–Kier alpha value is -1.51. The van der Waals surface area contributed by atoms with E-state index in [-0.39, 0.29) is 11.4 Å². The van der Waals surface area contributed by atoms with Crippen molar-refractivity contribution in [3.05, 3.63) is 34.3 Å². The molecule has 0 radical (unpaired) electrons. The van der Waals surface area contributed by atoms with E-state index in [4.69, 9.17) is 0 Å². The van der Waals surface area contributed by atoms with E-state index in [1.54, 1.807) is 11.3 Å². The molecule has 0 unspecified atom stereocenters. The van der Waals surface area contributed by atoms with Gasteiger partial charge < -0.3 is 5.32 Å². The monoisotopic (exact) mass is 312 g/mol. The van der Waals surface area contributed by atoms with Crippen molar-refractivity contribution in [2.24, 2.45) is 0 Å². The van der Waals surface area contributed by atoms with Gasteiger partial charge in [0.1, 0.15) is 4.90 Å². The van der Waals surface area contributed by atoms with Crippen LogP contribution in [0.2, 0.25) is 0 Å². The van der Waals surface area contributed by atoms with E-state index in [1.165, 1.54) is 12.4 Å². The second-order valence-electron chi connectivity index (χ2n) is 4.11. The molecule has 0 amide bonds. The number of nitrogens with one attached hydrogen (secondary N) is 2. The third-order valence-electron chi connectivity index (χ3n) is 2.51. The van der Waals surface area contributed by atoms with Gasteiger partial charge in [-0.2, -0.15) is 0 Å². The molecule has 0 saturated heterocycles. The van der Waals surface area contributed by atoms with E-state index in [2.05, 4.69) is 20.0 Å². The van der Waals surface area contributed by atoms with Crippen molar-refractivity contribution in [1.29, 1.82) is 0 Å². The largest absolute Gasteiger partial charge is 0.355 e. The number of anilines is 1. The van der Waals surface area contributed by atoms with Crippen LogP contribution in [0.15, 0.2) is 29.4 Å². The van der Waals surface area contributed by atoms with Crippen LogP contribution in [0.5, 0.6) is 0 Å². The Morgan fingerprint density at radius 1 is 1.25 bits per heavy atom. The predicted octanol–water partition coefficient (Wildman–Crippen LogP) is 1.76. The molecule has 0 aromatic carbocycles. The molecule has 0 bridgehead atoms. The number of nitrogens with zero attached hydrogens (tertiary/aromatic N) is 2. The van der Waals surface area contributed by atoms with Gasteiger partial charge in [-0.05, 0) is 26.0 Å². The lowest BCUT2D eigenvalue weighted by Gasteiger charge is -2.06. The summed E-state index contributed by atoms with van der Waals surface area (Å²) in [5.41, 5.74) is 0. The van der Waals surface area contributed by atoms with Gasteiger partial charge in [-0.1, -0.05) is 0 Å². The van der Waals surface area contributed by atoms with Crippen molar-refractivity contribution >= 4 is 27.3 Å². The van der Waals surface area contributed by atoms with Gasteiger partial charge in [-0.3, -0.25) is 0 Å². The summed E-state index contributed by atoms with van der Waals surface area (Å²) < 4.78 is 26.7. The van der Waals surface area contributed by atoms with E-state index >= 15 is 0 Å². The number of thiophene rings is 1. The van der Waals surface area contributed by atoms with E-state index in [1.807, 2.05) is 26.0 Å².